The van der Waals surface area contributed by atoms with Crippen LogP contribution in [0.25, 0.3) is 0 Å². The van der Waals surface area contributed by atoms with E-state index in [9.17, 15) is 0 Å². The Labute approximate surface area is 171 Å². The molecule has 2 aromatic heterocycles. The molecule has 0 unspecified atom stereocenters. The number of para-hydroxylation sites is 1. The summed E-state index contributed by atoms with van der Waals surface area (Å²) < 4.78 is 0. The Bertz CT molecular complexity index is 873. The van der Waals surface area contributed by atoms with Crippen LogP contribution in [-0.2, 0) is 23.8 Å². The number of halogens is 1. The van der Waals surface area contributed by atoms with E-state index in [2.05, 4.69) is 52.0 Å². The van der Waals surface area contributed by atoms with Crippen LogP contribution in [-0.4, -0.2) is 19.5 Å². The van der Waals surface area contributed by atoms with Gasteiger partial charge in [-0.15, -0.1) is 5.69 Å². The normalized spacial score (nSPS) is 10.9. The second kappa shape index (κ2) is 10.2. The van der Waals surface area contributed by atoms with Crippen molar-refractivity contribution in [2.75, 3.05) is 7.05 Å². The van der Waals surface area contributed by atoms with Crippen LogP contribution in [0.15, 0.2) is 47.5 Å². The van der Waals surface area contributed by atoms with E-state index in [0.717, 1.165) is 34.9 Å². The van der Waals surface area contributed by atoms with Gasteiger partial charge in [-0.2, -0.15) is 11.4 Å². The minimum atomic E-state index is 0. The second-order valence-electron chi connectivity index (χ2n) is 5.83. The van der Waals surface area contributed by atoms with E-state index in [1.807, 2.05) is 43.7 Å². The number of hydrogen-bond donors (Lipinski definition) is 1. The van der Waals surface area contributed by atoms with Gasteiger partial charge in [-0.25, -0.2) is 0 Å². The minimum Gasteiger partial charge on any atom is -1.00 e. The van der Waals surface area contributed by atoms with E-state index in [-0.39, 0.29) is 29.8 Å². The Kier molecular flexibility index (Phi) is 8.61. The summed E-state index contributed by atoms with van der Waals surface area (Å²) in [6.07, 6.45) is 4.44. The standard InChI is InChI=1S/C20H20N4.ClH.Cr/c1-14-5-4-6-15(2)20(14)22-13-19-10-8-17(24-19)11-16-7-9-18(23-16)12-21-3;;/h4-10,12-13H,11H2,1-3H3;1H;/q-2;;+2. The van der Waals surface area contributed by atoms with Crippen LogP contribution in [0.2, 0.25) is 0 Å². The quantitative estimate of drug-likeness (QED) is 0.537. The molecule has 0 radical (unpaired) electrons. The van der Waals surface area contributed by atoms with Gasteiger partial charge in [-0.3, -0.25) is 9.98 Å². The second-order valence-corrected chi connectivity index (χ2v) is 5.83. The molecule has 0 aliphatic carbocycles. The molecule has 0 amide bonds. The van der Waals surface area contributed by atoms with Crippen molar-refractivity contribution >= 4 is 18.1 Å². The molecule has 0 saturated carbocycles. The fraction of sp³-hybridized carbons (Fsp3) is 0.200. The van der Waals surface area contributed by atoms with Crippen molar-refractivity contribution in [3.63, 3.8) is 0 Å². The van der Waals surface area contributed by atoms with Gasteiger partial charge in [0.05, 0.1) is 5.69 Å². The third-order valence-electron chi connectivity index (χ3n) is 3.86. The molecule has 134 valence electrons. The summed E-state index contributed by atoms with van der Waals surface area (Å²) >= 11 is 0. The van der Waals surface area contributed by atoms with E-state index in [1.165, 1.54) is 11.1 Å². The number of nitrogens with zero attached hydrogens (tertiary/aromatic N) is 3. The van der Waals surface area contributed by atoms with E-state index in [1.54, 1.807) is 0 Å². The van der Waals surface area contributed by atoms with Crippen molar-refractivity contribution < 1.29 is 34.8 Å². The first-order valence-electron chi connectivity index (χ1n) is 8.01. The van der Waals surface area contributed by atoms with Crippen LogP contribution in [0.1, 0.15) is 33.9 Å². The van der Waals surface area contributed by atoms with E-state index >= 15 is 0 Å². The van der Waals surface area contributed by atoms with E-state index in [4.69, 9.17) is 0 Å². The summed E-state index contributed by atoms with van der Waals surface area (Å²) in [6.45, 7) is 4.15. The number of rotatable bonds is 5. The first-order chi connectivity index (χ1) is 11.7. The number of hydrogen-bond acceptors (Lipinski definition) is 1. The van der Waals surface area contributed by atoms with Crippen LogP contribution in [0.5, 0.6) is 0 Å². The number of nitrogens with one attached hydrogen (secondary N) is 1. The first-order valence-corrected chi connectivity index (χ1v) is 8.01. The zero-order chi connectivity index (χ0) is 16.9. The van der Waals surface area contributed by atoms with Gasteiger partial charge in [0.25, 0.3) is 0 Å². The minimum absolute atomic E-state index is 0. The molecule has 6 heteroatoms. The molecule has 0 aliphatic rings. The molecule has 26 heavy (non-hydrogen) atoms. The molecule has 2 heterocycles. The smallest absolute Gasteiger partial charge is 1.00 e. The predicted molar refractivity (Wildman–Crippen MR) is 97.6 cm³/mol. The topological polar surface area (TPSA) is 54.5 Å². The maximum atomic E-state index is 4.62. The molecule has 3 aromatic rings. The Balaban J connectivity index is 0.00000169. The molecule has 1 aromatic carbocycles. The van der Waals surface area contributed by atoms with Crippen molar-refractivity contribution in [1.82, 2.24) is 9.97 Å². The largest absolute Gasteiger partial charge is 2.00 e. The van der Waals surface area contributed by atoms with Crippen molar-refractivity contribution in [1.29, 1.82) is 0 Å². The average Bonchev–Trinajstić information content (AvgIpc) is 3.17. The fourth-order valence-corrected chi connectivity index (χ4v) is 2.67. The van der Waals surface area contributed by atoms with Gasteiger partial charge in [-0.1, -0.05) is 48.2 Å². The maximum Gasteiger partial charge on any atom is 2.00 e. The number of aromatic nitrogens is 2. The van der Waals surface area contributed by atoms with Crippen molar-refractivity contribution in [3.8, 4) is 0 Å². The summed E-state index contributed by atoms with van der Waals surface area (Å²) in [4.78, 5) is 16.7. The SMILES string of the molecule is C[NH+]=Cc1ccc(Cc2ccc(C=Nc3c(C)cccc3C)[n-]2)[n-]1.[Cl-].[Cr+2]. The molecule has 4 nitrogen and oxygen atoms in total. The monoisotopic (exact) mass is 404 g/mol. The van der Waals surface area contributed by atoms with E-state index in [0.29, 0.717) is 0 Å². The molecular formula is C20H21ClCrN4. The summed E-state index contributed by atoms with van der Waals surface area (Å²) in [7, 11) is 1.87. The van der Waals surface area contributed by atoms with Gasteiger partial charge >= 0.3 is 17.4 Å². The van der Waals surface area contributed by atoms with Crippen LogP contribution >= 0.6 is 0 Å². The van der Waals surface area contributed by atoms with Crippen molar-refractivity contribution in [3.05, 3.63) is 76.4 Å². The van der Waals surface area contributed by atoms with Gasteiger partial charge in [0.1, 0.15) is 13.3 Å². The molecule has 0 bridgehead atoms. The summed E-state index contributed by atoms with van der Waals surface area (Å²) in [5.74, 6) is 0. The van der Waals surface area contributed by atoms with E-state index < -0.39 is 0 Å². The van der Waals surface area contributed by atoms with Gasteiger partial charge in [0, 0.05) is 6.21 Å². The van der Waals surface area contributed by atoms with Crippen molar-refractivity contribution in [2.24, 2.45) is 4.99 Å². The zero-order valence-electron chi connectivity index (χ0n) is 15.0. The van der Waals surface area contributed by atoms with Gasteiger partial charge < -0.3 is 22.4 Å². The molecule has 0 aliphatic heterocycles. The number of aryl methyl sites for hydroxylation is 2. The Morgan fingerprint density at radius 2 is 1.50 bits per heavy atom. The molecule has 3 rings (SSSR count). The summed E-state index contributed by atoms with van der Waals surface area (Å²) in [6, 6.07) is 14.3. The molecule has 1 N–H and O–H groups in total. The van der Waals surface area contributed by atoms with Crippen LogP contribution in [0.4, 0.5) is 5.69 Å². The maximum absolute atomic E-state index is 4.62. The third kappa shape index (κ3) is 5.47. The fourth-order valence-electron chi connectivity index (χ4n) is 2.67. The Morgan fingerprint density at radius 3 is 2.12 bits per heavy atom. The van der Waals surface area contributed by atoms with Gasteiger partial charge in [-0.05, 0) is 31.4 Å². The van der Waals surface area contributed by atoms with Crippen molar-refractivity contribution in [2.45, 2.75) is 20.3 Å². The van der Waals surface area contributed by atoms with Crippen LogP contribution in [0.3, 0.4) is 0 Å². The third-order valence-corrected chi connectivity index (χ3v) is 3.86. The molecule has 0 saturated heterocycles. The Morgan fingerprint density at radius 1 is 0.923 bits per heavy atom. The molecule has 0 atom stereocenters. The van der Waals surface area contributed by atoms with Crippen LogP contribution < -0.4 is 27.4 Å². The summed E-state index contributed by atoms with van der Waals surface area (Å²) in [5.41, 5.74) is 7.21. The average molecular weight is 405 g/mol. The van der Waals surface area contributed by atoms with Gasteiger partial charge in [0.2, 0.25) is 0 Å². The van der Waals surface area contributed by atoms with Gasteiger partial charge in [0.15, 0.2) is 0 Å². The molecule has 0 spiro atoms. The number of benzene rings is 1. The molecule has 0 fully saturated rings. The molecular weight excluding hydrogens is 384 g/mol. The zero-order valence-corrected chi connectivity index (χ0v) is 17.1. The Hall–Kier alpha value is -2.06. The number of aliphatic imine (C=N–C) groups is 1. The first kappa shape index (κ1) is 22.0. The predicted octanol–water partition coefficient (Wildman–Crippen LogP) is -1.31. The van der Waals surface area contributed by atoms with Crippen LogP contribution in [0, 0.1) is 13.8 Å². The summed E-state index contributed by atoms with van der Waals surface area (Å²) in [5, 5.41) is 0.